The maximum absolute atomic E-state index is 10.8. The van der Waals surface area contributed by atoms with Crippen molar-refractivity contribution in [1.82, 2.24) is 4.98 Å². The Labute approximate surface area is 92.2 Å². The highest BCUT2D eigenvalue weighted by atomic mass is 16.5. The number of ether oxygens (including phenoxy) is 1. The van der Waals surface area contributed by atoms with Crippen molar-refractivity contribution in [3.8, 4) is 5.88 Å². The van der Waals surface area contributed by atoms with Gasteiger partial charge in [-0.3, -0.25) is 0 Å². The van der Waals surface area contributed by atoms with Gasteiger partial charge in [-0.2, -0.15) is 0 Å². The zero-order valence-corrected chi connectivity index (χ0v) is 8.73. The number of pyridine rings is 1. The monoisotopic (exact) mass is 217 g/mol. The second-order valence-electron chi connectivity index (χ2n) is 3.23. The summed E-state index contributed by atoms with van der Waals surface area (Å²) in [5.41, 5.74) is 6.33. The molecular formula is C11H11N3O2. The van der Waals surface area contributed by atoms with Crippen LogP contribution >= 0.6 is 0 Å². The fourth-order valence-electron chi connectivity index (χ4n) is 1.48. The van der Waals surface area contributed by atoms with Crippen LogP contribution in [0.1, 0.15) is 0 Å². The van der Waals surface area contributed by atoms with Crippen molar-refractivity contribution in [1.29, 1.82) is 0 Å². The number of urea groups is 1. The minimum absolute atomic E-state index is 0.345. The van der Waals surface area contributed by atoms with E-state index < -0.39 is 6.03 Å². The molecular weight excluding hydrogens is 206 g/mol. The Kier molecular flexibility index (Phi) is 2.59. The number of primary amides is 1. The van der Waals surface area contributed by atoms with E-state index in [9.17, 15) is 4.79 Å². The molecule has 2 amide bonds. The van der Waals surface area contributed by atoms with Gasteiger partial charge in [-0.25, -0.2) is 9.78 Å². The van der Waals surface area contributed by atoms with Crippen molar-refractivity contribution < 1.29 is 9.53 Å². The highest BCUT2D eigenvalue weighted by molar-refractivity contribution is 5.93. The third kappa shape index (κ3) is 1.88. The van der Waals surface area contributed by atoms with Gasteiger partial charge in [0, 0.05) is 5.39 Å². The zero-order chi connectivity index (χ0) is 11.5. The number of amides is 2. The molecule has 16 heavy (non-hydrogen) atoms. The van der Waals surface area contributed by atoms with Crippen LogP contribution in [0.5, 0.6) is 5.88 Å². The van der Waals surface area contributed by atoms with E-state index in [0.29, 0.717) is 11.6 Å². The second kappa shape index (κ2) is 4.06. The van der Waals surface area contributed by atoms with Crippen LogP contribution in [-0.2, 0) is 0 Å². The normalized spacial score (nSPS) is 10.1. The molecule has 0 saturated heterocycles. The Balaban J connectivity index is 2.58. The molecule has 2 rings (SSSR count). The first-order valence-corrected chi connectivity index (χ1v) is 4.71. The van der Waals surface area contributed by atoms with Crippen molar-refractivity contribution in [3.05, 3.63) is 30.3 Å². The van der Waals surface area contributed by atoms with Gasteiger partial charge in [0.25, 0.3) is 0 Å². The quantitative estimate of drug-likeness (QED) is 0.804. The fourth-order valence-corrected chi connectivity index (χ4v) is 1.48. The average Bonchev–Trinajstić information content (AvgIpc) is 2.27. The summed E-state index contributed by atoms with van der Waals surface area (Å²) in [7, 11) is 1.49. The Bertz CT molecular complexity index is 540. The summed E-state index contributed by atoms with van der Waals surface area (Å²) in [6.45, 7) is 0. The van der Waals surface area contributed by atoms with Crippen LogP contribution in [0, 0.1) is 0 Å². The number of aromatic nitrogens is 1. The number of carbonyl (C=O) groups excluding carboxylic acids is 1. The largest absolute Gasteiger partial charge is 0.479 e. The molecule has 0 aliphatic rings. The predicted molar refractivity (Wildman–Crippen MR) is 61.5 cm³/mol. The number of nitrogens with zero attached hydrogens (tertiary/aromatic N) is 1. The lowest BCUT2D eigenvalue weighted by molar-refractivity contribution is 0.259. The molecule has 1 heterocycles. The molecule has 0 saturated carbocycles. The Morgan fingerprint density at radius 1 is 1.44 bits per heavy atom. The average molecular weight is 217 g/mol. The molecule has 5 heteroatoms. The van der Waals surface area contributed by atoms with Gasteiger partial charge in [0.1, 0.15) is 5.69 Å². The molecule has 0 unspecified atom stereocenters. The lowest BCUT2D eigenvalue weighted by Crippen LogP contribution is -2.19. The van der Waals surface area contributed by atoms with Crippen LogP contribution in [-0.4, -0.2) is 18.1 Å². The molecule has 0 bridgehead atoms. The Morgan fingerprint density at radius 2 is 2.19 bits per heavy atom. The Hall–Kier alpha value is -2.30. The van der Waals surface area contributed by atoms with E-state index in [1.54, 1.807) is 6.07 Å². The molecule has 3 N–H and O–H groups in total. The van der Waals surface area contributed by atoms with E-state index >= 15 is 0 Å². The molecule has 0 spiro atoms. The number of benzene rings is 1. The van der Waals surface area contributed by atoms with E-state index in [0.717, 1.165) is 10.9 Å². The molecule has 0 fully saturated rings. The SMILES string of the molecule is COc1nc2ccccc2cc1NC(N)=O. The summed E-state index contributed by atoms with van der Waals surface area (Å²) < 4.78 is 5.07. The number of nitrogens with two attached hydrogens (primary N) is 1. The van der Waals surface area contributed by atoms with Gasteiger partial charge in [0.05, 0.1) is 12.6 Å². The van der Waals surface area contributed by atoms with Crippen LogP contribution in [0.3, 0.4) is 0 Å². The zero-order valence-electron chi connectivity index (χ0n) is 8.73. The topological polar surface area (TPSA) is 77.2 Å². The molecule has 0 aliphatic heterocycles. The van der Waals surface area contributed by atoms with Crippen LogP contribution in [0.2, 0.25) is 0 Å². The third-order valence-corrected chi connectivity index (χ3v) is 2.14. The lowest BCUT2D eigenvalue weighted by Gasteiger charge is -2.08. The molecule has 0 atom stereocenters. The summed E-state index contributed by atoms with van der Waals surface area (Å²) >= 11 is 0. The number of hydrogen-bond donors (Lipinski definition) is 2. The van der Waals surface area contributed by atoms with Gasteiger partial charge < -0.3 is 15.8 Å². The highest BCUT2D eigenvalue weighted by Crippen LogP contribution is 2.26. The first kappa shape index (κ1) is 10.2. The first-order chi connectivity index (χ1) is 7.70. The fraction of sp³-hybridized carbons (Fsp3) is 0.0909. The maximum atomic E-state index is 10.8. The van der Waals surface area contributed by atoms with Gasteiger partial charge in [0.15, 0.2) is 0 Å². The summed E-state index contributed by atoms with van der Waals surface area (Å²) in [5.74, 6) is 0.345. The molecule has 2 aromatic rings. The van der Waals surface area contributed by atoms with Crippen LogP contribution in [0.15, 0.2) is 30.3 Å². The number of carbonyl (C=O) groups is 1. The van der Waals surface area contributed by atoms with E-state index in [2.05, 4.69) is 10.3 Å². The molecule has 1 aromatic heterocycles. The number of methoxy groups -OCH3 is 1. The minimum atomic E-state index is -0.643. The number of anilines is 1. The van der Waals surface area contributed by atoms with Crippen LogP contribution in [0.25, 0.3) is 10.9 Å². The van der Waals surface area contributed by atoms with Gasteiger partial charge in [0.2, 0.25) is 5.88 Å². The first-order valence-electron chi connectivity index (χ1n) is 4.71. The van der Waals surface area contributed by atoms with Crippen molar-refractivity contribution in [2.24, 2.45) is 5.73 Å². The summed E-state index contributed by atoms with van der Waals surface area (Å²) in [4.78, 5) is 15.1. The maximum Gasteiger partial charge on any atom is 0.316 e. The van der Waals surface area contributed by atoms with Crippen molar-refractivity contribution in [3.63, 3.8) is 0 Å². The van der Waals surface area contributed by atoms with E-state index in [4.69, 9.17) is 10.5 Å². The number of hydrogen-bond acceptors (Lipinski definition) is 3. The number of fused-ring (bicyclic) bond motifs is 1. The van der Waals surface area contributed by atoms with Crippen molar-refractivity contribution >= 4 is 22.6 Å². The predicted octanol–water partition coefficient (Wildman–Crippen LogP) is 1.73. The van der Waals surface area contributed by atoms with Crippen molar-refractivity contribution in [2.45, 2.75) is 0 Å². The van der Waals surface area contributed by atoms with Gasteiger partial charge in [-0.05, 0) is 12.1 Å². The summed E-state index contributed by atoms with van der Waals surface area (Å²) in [6.07, 6.45) is 0. The van der Waals surface area contributed by atoms with E-state index in [1.807, 2.05) is 24.3 Å². The summed E-state index contributed by atoms with van der Waals surface area (Å²) in [6, 6.07) is 8.67. The van der Waals surface area contributed by atoms with Gasteiger partial charge in [-0.1, -0.05) is 18.2 Å². The second-order valence-corrected chi connectivity index (χ2v) is 3.23. The van der Waals surface area contributed by atoms with Crippen LogP contribution < -0.4 is 15.8 Å². The van der Waals surface area contributed by atoms with Crippen LogP contribution in [0.4, 0.5) is 10.5 Å². The third-order valence-electron chi connectivity index (χ3n) is 2.14. The molecule has 0 radical (unpaired) electrons. The van der Waals surface area contributed by atoms with Crippen molar-refractivity contribution in [2.75, 3.05) is 12.4 Å². The van der Waals surface area contributed by atoms with E-state index in [-0.39, 0.29) is 0 Å². The standard InChI is InChI=1S/C11H11N3O2/c1-16-10-9(14-11(12)15)6-7-4-2-3-5-8(7)13-10/h2-6H,1H3,(H3,12,14,15). The summed E-state index contributed by atoms with van der Waals surface area (Å²) in [5, 5.41) is 3.38. The molecule has 5 nitrogen and oxygen atoms in total. The van der Waals surface area contributed by atoms with Gasteiger partial charge in [-0.15, -0.1) is 0 Å². The minimum Gasteiger partial charge on any atom is -0.479 e. The number of nitrogens with one attached hydrogen (secondary N) is 1. The molecule has 0 aliphatic carbocycles. The smallest absolute Gasteiger partial charge is 0.316 e. The van der Waals surface area contributed by atoms with Gasteiger partial charge >= 0.3 is 6.03 Å². The lowest BCUT2D eigenvalue weighted by atomic mass is 10.2. The molecule has 82 valence electrons. The number of para-hydroxylation sites is 1. The molecule has 1 aromatic carbocycles. The van der Waals surface area contributed by atoms with E-state index in [1.165, 1.54) is 7.11 Å². The highest BCUT2D eigenvalue weighted by Gasteiger charge is 2.08. The Morgan fingerprint density at radius 3 is 2.88 bits per heavy atom. The number of rotatable bonds is 2.